The quantitative estimate of drug-likeness (QED) is 0.655. The average molecular weight is 344 g/mol. The summed E-state index contributed by atoms with van der Waals surface area (Å²) in [7, 11) is 0. The summed E-state index contributed by atoms with van der Waals surface area (Å²) in [6.07, 6.45) is 4.70. The Hall–Kier alpha value is -2.48. The second kappa shape index (κ2) is 7.87. The number of hydrogen-bond donors (Lipinski definition) is 2. The molecule has 3 aromatic rings. The molecule has 0 aliphatic heterocycles. The molecule has 0 fully saturated rings. The summed E-state index contributed by atoms with van der Waals surface area (Å²) < 4.78 is 1.79. The predicted octanol–water partition coefficient (Wildman–Crippen LogP) is 2.42. The molecule has 0 radical (unpaired) electrons. The third-order valence-electron chi connectivity index (χ3n) is 3.57. The number of fused-ring (bicyclic) bond motifs is 1. The molecule has 0 aromatic carbocycles. The molecule has 0 bridgehead atoms. The van der Waals surface area contributed by atoms with E-state index >= 15 is 0 Å². The van der Waals surface area contributed by atoms with Crippen LogP contribution in [0.4, 0.5) is 5.82 Å². The Morgan fingerprint density at radius 3 is 3.08 bits per heavy atom. The first-order valence-corrected chi connectivity index (χ1v) is 8.85. The van der Waals surface area contributed by atoms with Gasteiger partial charge in [-0.05, 0) is 17.9 Å². The maximum atomic E-state index is 11.5. The van der Waals surface area contributed by atoms with Crippen molar-refractivity contribution in [1.82, 2.24) is 25.1 Å². The van der Waals surface area contributed by atoms with Crippen LogP contribution in [0.15, 0.2) is 30.0 Å². The van der Waals surface area contributed by atoms with Crippen molar-refractivity contribution in [2.45, 2.75) is 32.9 Å². The van der Waals surface area contributed by atoms with Crippen LogP contribution < -0.4 is 10.6 Å². The van der Waals surface area contributed by atoms with Gasteiger partial charge in [0.05, 0.1) is 24.7 Å². The van der Waals surface area contributed by atoms with Crippen LogP contribution in [-0.4, -0.2) is 32.2 Å². The van der Waals surface area contributed by atoms with Gasteiger partial charge in [0.25, 0.3) is 0 Å². The van der Waals surface area contributed by atoms with Crippen molar-refractivity contribution in [3.8, 4) is 0 Å². The number of nitrogens with zero attached hydrogens (tertiary/aromatic N) is 4. The number of nitrogens with one attached hydrogen (secondary N) is 2. The molecule has 1 amide bonds. The fourth-order valence-corrected chi connectivity index (χ4v) is 3.04. The van der Waals surface area contributed by atoms with Crippen LogP contribution in [0.2, 0.25) is 0 Å². The van der Waals surface area contributed by atoms with Crippen LogP contribution >= 0.6 is 11.3 Å². The lowest BCUT2D eigenvalue weighted by atomic mass is 10.3. The normalized spacial score (nSPS) is 10.9. The molecule has 0 aliphatic carbocycles. The van der Waals surface area contributed by atoms with Crippen molar-refractivity contribution in [3.63, 3.8) is 0 Å². The Labute approximate surface area is 144 Å². The van der Waals surface area contributed by atoms with Gasteiger partial charge in [-0.2, -0.15) is 5.10 Å². The number of carbonyl (C=O) groups is 1. The number of carbonyl (C=O) groups excluding carboxylic acids is 1. The number of hydrogen-bond acceptors (Lipinski definition) is 6. The van der Waals surface area contributed by atoms with Crippen molar-refractivity contribution >= 4 is 34.1 Å². The van der Waals surface area contributed by atoms with E-state index in [1.54, 1.807) is 22.2 Å². The molecule has 24 heavy (non-hydrogen) atoms. The van der Waals surface area contributed by atoms with Gasteiger partial charge in [0, 0.05) is 17.8 Å². The Balaban J connectivity index is 1.66. The Morgan fingerprint density at radius 2 is 2.29 bits per heavy atom. The summed E-state index contributed by atoms with van der Waals surface area (Å²) in [5.74, 6) is 0.844. The van der Waals surface area contributed by atoms with Crippen LogP contribution in [0.5, 0.6) is 0 Å². The summed E-state index contributed by atoms with van der Waals surface area (Å²) in [6.45, 7) is 3.84. The average Bonchev–Trinajstić information content (AvgIpc) is 3.23. The van der Waals surface area contributed by atoms with Gasteiger partial charge >= 0.3 is 0 Å². The summed E-state index contributed by atoms with van der Waals surface area (Å²) in [5.41, 5.74) is 0.767. The predicted molar refractivity (Wildman–Crippen MR) is 94.9 cm³/mol. The fraction of sp³-hybridized carbons (Fsp3) is 0.375. The molecule has 0 unspecified atom stereocenters. The highest BCUT2D eigenvalue weighted by molar-refractivity contribution is 7.09. The van der Waals surface area contributed by atoms with Gasteiger partial charge in [0.1, 0.15) is 12.1 Å². The topological polar surface area (TPSA) is 84.7 Å². The first-order valence-electron chi connectivity index (χ1n) is 7.97. The standard InChI is InChI=1S/C16H20N6OS/c1-2-4-14(23)17-6-7-22-16-13(10-21-22)15(19-11-20-16)18-9-12-5-3-8-24-12/h3,5,8,10-11H,2,4,6-7,9H2,1H3,(H,17,23)(H,18,19,20). The highest BCUT2D eigenvalue weighted by Crippen LogP contribution is 2.20. The van der Waals surface area contributed by atoms with Crippen molar-refractivity contribution in [2.24, 2.45) is 0 Å². The SMILES string of the molecule is CCCC(=O)NCCn1ncc2c(NCc3cccs3)ncnc21. The van der Waals surface area contributed by atoms with Gasteiger partial charge in [-0.25, -0.2) is 14.6 Å². The van der Waals surface area contributed by atoms with Gasteiger partial charge in [0.2, 0.25) is 5.91 Å². The van der Waals surface area contributed by atoms with Crippen molar-refractivity contribution in [3.05, 3.63) is 34.9 Å². The minimum atomic E-state index is 0.0712. The van der Waals surface area contributed by atoms with Crippen molar-refractivity contribution in [2.75, 3.05) is 11.9 Å². The minimum Gasteiger partial charge on any atom is -0.364 e. The number of amides is 1. The smallest absolute Gasteiger partial charge is 0.220 e. The number of anilines is 1. The first kappa shape index (κ1) is 16.4. The molecule has 126 valence electrons. The van der Waals surface area contributed by atoms with Crippen LogP contribution in [0.3, 0.4) is 0 Å². The number of rotatable bonds is 8. The Kier molecular flexibility index (Phi) is 5.37. The van der Waals surface area contributed by atoms with Crippen LogP contribution in [0, 0.1) is 0 Å². The zero-order chi connectivity index (χ0) is 16.8. The monoisotopic (exact) mass is 344 g/mol. The van der Waals surface area contributed by atoms with Crippen molar-refractivity contribution in [1.29, 1.82) is 0 Å². The molecule has 0 atom stereocenters. The molecule has 3 heterocycles. The van der Waals surface area contributed by atoms with E-state index in [0.29, 0.717) is 19.5 Å². The molecule has 3 aromatic heterocycles. The minimum absolute atomic E-state index is 0.0712. The molecule has 0 aliphatic rings. The lowest BCUT2D eigenvalue weighted by Crippen LogP contribution is -2.27. The maximum absolute atomic E-state index is 11.5. The second-order valence-corrected chi connectivity index (χ2v) is 6.39. The zero-order valence-corrected chi connectivity index (χ0v) is 14.3. The highest BCUT2D eigenvalue weighted by Gasteiger charge is 2.10. The molecule has 0 saturated heterocycles. The van der Waals surface area contributed by atoms with E-state index in [2.05, 4.69) is 37.1 Å². The third-order valence-corrected chi connectivity index (χ3v) is 4.44. The van der Waals surface area contributed by atoms with E-state index in [4.69, 9.17) is 0 Å². The number of aromatic nitrogens is 4. The molecule has 3 rings (SSSR count). The van der Waals surface area contributed by atoms with Crippen LogP contribution in [-0.2, 0) is 17.9 Å². The maximum Gasteiger partial charge on any atom is 0.220 e. The van der Waals surface area contributed by atoms with Gasteiger partial charge in [-0.1, -0.05) is 13.0 Å². The van der Waals surface area contributed by atoms with Gasteiger partial charge < -0.3 is 10.6 Å². The van der Waals surface area contributed by atoms with Crippen LogP contribution in [0.1, 0.15) is 24.6 Å². The van der Waals surface area contributed by atoms with E-state index in [0.717, 1.165) is 29.8 Å². The molecular formula is C16H20N6OS. The van der Waals surface area contributed by atoms with E-state index < -0.39 is 0 Å². The largest absolute Gasteiger partial charge is 0.364 e. The van der Waals surface area contributed by atoms with Gasteiger partial charge in [-0.3, -0.25) is 4.79 Å². The molecule has 0 saturated carbocycles. The highest BCUT2D eigenvalue weighted by atomic mass is 32.1. The van der Waals surface area contributed by atoms with E-state index in [1.807, 2.05) is 13.0 Å². The molecule has 8 heteroatoms. The summed E-state index contributed by atoms with van der Waals surface area (Å²) in [5, 5.41) is 13.5. The van der Waals surface area contributed by atoms with E-state index in [1.165, 1.54) is 11.2 Å². The fourth-order valence-electron chi connectivity index (χ4n) is 2.40. The lowest BCUT2D eigenvalue weighted by molar-refractivity contribution is -0.121. The van der Waals surface area contributed by atoms with E-state index in [9.17, 15) is 4.79 Å². The van der Waals surface area contributed by atoms with Gasteiger partial charge in [-0.15, -0.1) is 11.3 Å². The summed E-state index contributed by atoms with van der Waals surface area (Å²) in [6, 6.07) is 4.11. The molecule has 7 nitrogen and oxygen atoms in total. The Morgan fingerprint density at radius 1 is 1.38 bits per heavy atom. The summed E-state index contributed by atoms with van der Waals surface area (Å²) in [4.78, 5) is 21.4. The third kappa shape index (κ3) is 3.88. The zero-order valence-electron chi connectivity index (χ0n) is 13.5. The summed E-state index contributed by atoms with van der Waals surface area (Å²) >= 11 is 1.70. The molecular weight excluding hydrogens is 324 g/mol. The number of thiophene rings is 1. The van der Waals surface area contributed by atoms with E-state index in [-0.39, 0.29) is 5.91 Å². The first-order chi connectivity index (χ1) is 11.8. The second-order valence-electron chi connectivity index (χ2n) is 5.36. The van der Waals surface area contributed by atoms with Crippen LogP contribution in [0.25, 0.3) is 11.0 Å². The Bertz CT molecular complexity index is 798. The lowest BCUT2D eigenvalue weighted by Gasteiger charge is -2.07. The van der Waals surface area contributed by atoms with Crippen molar-refractivity contribution < 1.29 is 4.79 Å². The molecule has 0 spiro atoms. The van der Waals surface area contributed by atoms with Gasteiger partial charge in [0.15, 0.2) is 5.65 Å². The molecule has 2 N–H and O–H groups in total.